The average molecular weight is 186 g/mol. The standard InChI is InChI=1S/C10H22N2O/c1-4-5-11-6-7-12(10(11)2)8-9-13-3/h10H,4-9H2,1-3H3. The van der Waals surface area contributed by atoms with Gasteiger partial charge in [0.15, 0.2) is 0 Å². The van der Waals surface area contributed by atoms with Crippen molar-refractivity contribution in [3.05, 3.63) is 0 Å². The Bertz CT molecular complexity index is 141. The smallest absolute Gasteiger partial charge is 0.0595 e. The molecule has 0 aromatic heterocycles. The molecular formula is C10H22N2O. The van der Waals surface area contributed by atoms with Gasteiger partial charge < -0.3 is 4.74 Å². The van der Waals surface area contributed by atoms with Gasteiger partial charge in [-0.05, 0) is 19.9 Å². The predicted molar refractivity (Wildman–Crippen MR) is 54.8 cm³/mol. The molecule has 1 fully saturated rings. The van der Waals surface area contributed by atoms with Crippen LogP contribution >= 0.6 is 0 Å². The molecule has 0 aromatic rings. The Morgan fingerprint density at radius 3 is 2.38 bits per heavy atom. The Morgan fingerprint density at radius 2 is 1.85 bits per heavy atom. The lowest BCUT2D eigenvalue weighted by molar-refractivity contribution is 0.108. The molecule has 1 atom stereocenters. The van der Waals surface area contributed by atoms with E-state index >= 15 is 0 Å². The van der Waals surface area contributed by atoms with Crippen LogP contribution in [-0.4, -0.2) is 55.9 Å². The van der Waals surface area contributed by atoms with Crippen LogP contribution in [0, 0.1) is 0 Å². The predicted octanol–water partition coefficient (Wildman–Crippen LogP) is 1.01. The highest BCUT2D eigenvalue weighted by molar-refractivity contribution is 4.77. The van der Waals surface area contributed by atoms with Gasteiger partial charge in [0.25, 0.3) is 0 Å². The summed E-state index contributed by atoms with van der Waals surface area (Å²) in [6, 6.07) is 0. The van der Waals surface area contributed by atoms with E-state index in [-0.39, 0.29) is 0 Å². The van der Waals surface area contributed by atoms with Crippen molar-refractivity contribution in [1.82, 2.24) is 9.80 Å². The van der Waals surface area contributed by atoms with Crippen molar-refractivity contribution in [3.8, 4) is 0 Å². The van der Waals surface area contributed by atoms with Gasteiger partial charge in [-0.1, -0.05) is 6.92 Å². The third-order valence-electron chi connectivity index (χ3n) is 2.82. The van der Waals surface area contributed by atoms with Gasteiger partial charge in [0.05, 0.1) is 12.8 Å². The van der Waals surface area contributed by atoms with Crippen molar-refractivity contribution in [3.63, 3.8) is 0 Å². The fourth-order valence-corrected chi connectivity index (χ4v) is 1.95. The normalized spacial score (nSPS) is 25.6. The number of methoxy groups -OCH3 is 1. The molecule has 3 nitrogen and oxygen atoms in total. The van der Waals surface area contributed by atoms with Crippen molar-refractivity contribution in [1.29, 1.82) is 0 Å². The van der Waals surface area contributed by atoms with Crippen LogP contribution in [0.1, 0.15) is 20.3 Å². The number of hydrogen-bond acceptors (Lipinski definition) is 3. The summed E-state index contributed by atoms with van der Waals surface area (Å²) in [7, 11) is 1.77. The van der Waals surface area contributed by atoms with Gasteiger partial charge in [0.1, 0.15) is 0 Å². The molecule has 0 N–H and O–H groups in total. The van der Waals surface area contributed by atoms with E-state index in [0.29, 0.717) is 6.17 Å². The molecule has 0 radical (unpaired) electrons. The van der Waals surface area contributed by atoms with Crippen LogP contribution in [0.4, 0.5) is 0 Å². The van der Waals surface area contributed by atoms with E-state index in [4.69, 9.17) is 4.74 Å². The minimum absolute atomic E-state index is 0.607. The van der Waals surface area contributed by atoms with Crippen LogP contribution in [0.15, 0.2) is 0 Å². The summed E-state index contributed by atoms with van der Waals surface area (Å²) < 4.78 is 5.09. The minimum Gasteiger partial charge on any atom is -0.383 e. The molecular weight excluding hydrogens is 164 g/mol. The molecule has 1 heterocycles. The van der Waals surface area contributed by atoms with Crippen LogP contribution in [0.5, 0.6) is 0 Å². The van der Waals surface area contributed by atoms with Crippen molar-refractivity contribution in [2.24, 2.45) is 0 Å². The Kier molecular flexibility index (Phi) is 4.70. The second-order valence-corrected chi connectivity index (χ2v) is 3.70. The summed E-state index contributed by atoms with van der Waals surface area (Å²) in [5, 5.41) is 0. The molecule has 0 bridgehead atoms. The van der Waals surface area contributed by atoms with Gasteiger partial charge in [-0.3, -0.25) is 9.80 Å². The lowest BCUT2D eigenvalue weighted by Gasteiger charge is -2.26. The highest BCUT2D eigenvalue weighted by atomic mass is 16.5. The van der Waals surface area contributed by atoms with E-state index in [0.717, 1.165) is 13.2 Å². The number of rotatable bonds is 5. The van der Waals surface area contributed by atoms with E-state index in [1.54, 1.807) is 7.11 Å². The first-order chi connectivity index (χ1) is 6.29. The van der Waals surface area contributed by atoms with Gasteiger partial charge in [0, 0.05) is 26.7 Å². The average Bonchev–Trinajstić information content (AvgIpc) is 2.46. The number of ether oxygens (including phenoxy) is 1. The van der Waals surface area contributed by atoms with E-state index in [1.807, 2.05) is 0 Å². The Balaban J connectivity index is 2.27. The second kappa shape index (κ2) is 5.58. The Hall–Kier alpha value is -0.120. The van der Waals surface area contributed by atoms with Crippen LogP contribution in [-0.2, 0) is 4.74 Å². The highest BCUT2D eigenvalue weighted by Gasteiger charge is 2.26. The summed E-state index contributed by atoms with van der Waals surface area (Å²) in [6.07, 6.45) is 1.86. The van der Waals surface area contributed by atoms with E-state index < -0.39 is 0 Å². The summed E-state index contributed by atoms with van der Waals surface area (Å²) in [6.45, 7) is 10.1. The van der Waals surface area contributed by atoms with Crippen LogP contribution in [0.2, 0.25) is 0 Å². The van der Waals surface area contributed by atoms with Gasteiger partial charge in [-0.25, -0.2) is 0 Å². The van der Waals surface area contributed by atoms with Gasteiger partial charge in [-0.2, -0.15) is 0 Å². The van der Waals surface area contributed by atoms with Gasteiger partial charge in [-0.15, -0.1) is 0 Å². The van der Waals surface area contributed by atoms with E-state index in [1.165, 1.54) is 26.1 Å². The van der Waals surface area contributed by atoms with Crippen molar-refractivity contribution in [2.75, 3.05) is 39.9 Å². The Morgan fingerprint density at radius 1 is 1.23 bits per heavy atom. The molecule has 0 aromatic carbocycles. The first-order valence-corrected chi connectivity index (χ1v) is 5.26. The summed E-state index contributed by atoms with van der Waals surface area (Å²) in [5.41, 5.74) is 0. The zero-order chi connectivity index (χ0) is 9.68. The number of nitrogens with zero attached hydrogens (tertiary/aromatic N) is 2. The molecule has 1 saturated heterocycles. The summed E-state index contributed by atoms with van der Waals surface area (Å²) >= 11 is 0. The molecule has 1 unspecified atom stereocenters. The lowest BCUT2D eigenvalue weighted by Crippen LogP contribution is -2.38. The Labute approximate surface area is 81.7 Å². The quantitative estimate of drug-likeness (QED) is 0.637. The molecule has 3 heteroatoms. The molecule has 0 saturated carbocycles. The maximum absolute atomic E-state index is 5.09. The maximum Gasteiger partial charge on any atom is 0.0595 e. The fraction of sp³-hybridized carbons (Fsp3) is 1.00. The molecule has 0 aliphatic carbocycles. The van der Waals surface area contributed by atoms with Crippen molar-refractivity contribution in [2.45, 2.75) is 26.4 Å². The first-order valence-electron chi connectivity index (χ1n) is 5.26. The molecule has 0 spiro atoms. The molecule has 1 aliphatic rings. The largest absolute Gasteiger partial charge is 0.383 e. The first kappa shape index (κ1) is 11.0. The molecule has 13 heavy (non-hydrogen) atoms. The zero-order valence-corrected chi connectivity index (χ0v) is 9.12. The summed E-state index contributed by atoms with van der Waals surface area (Å²) in [4.78, 5) is 5.02. The van der Waals surface area contributed by atoms with Gasteiger partial charge in [0.2, 0.25) is 0 Å². The second-order valence-electron chi connectivity index (χ2n) is 3.70. The SMILES string of the molecule is CCCN1CCN(CCOC)C1C. The van der Waals surface area contributed by atoms with E-state index in [2.05, 4.69) is 23.6 Å². The zero-order valence-electron chi connectivity index (χ0n) is 9.12. The highest BCUT2D eigenvalue weighted by Crippen LogP contribution is 2.13. The van der Waals surface area contributed by atoms with Crippen molar-refractivity contribution < 1.29 is 4.74 Å². The topological polar surface area (TPSA) is 15.7 Å². The number of hydrogen-bond donors (Lipinski definition) is 0. The minimum atomic E-state index is 0.607. The molecule has 1 aliphatic heterocycles. The molecule has 1 rings (SSSR count). The molecule has 0 amide bonds. The van der Waals surface area contributed by atoms with Crippen LogP contribution in [0.25, 0.3) is 0 Å². The third kappa shape index (κ3) is 2.93. The maximum atomic E-state index is 5.09. The van der Waals surface area contributed by atoms with Crippen LogP contribution in [0.3, 0.4) is 0 Å². The van der Waals surface area contributed by atoms with Gasteiger partial charge >= 0.3 is 0 Å². The molecule has 78 valence electrons. The third-order valence-corrected chi connectivity index (χ3v) is 2.82. The lowest BCUT2D eigenvalue weighted by atomic mass is 10.4. The van der Waals surface area contributed by atoms with Crippen molar-refractivity contribution >= 4 is 0 Å². The fourth-order valence-electron chi connectivity index (χ4n) is 1.95. The monoisotopic (exact) mass is 186 g/mol. The van der Waals surface area contributed by atoms with Crippen LogP contribution < -0.4 is 0 Å². The van der Waals surface area contributed by atoms with E-state index in [9.17, 15) is 0 Å². The summed E-state index contributed by atoms with van der Waals surface area (Å²) in [5.74, 6) is 0.